The van der Waals surface area contributed by atoms with Gasteiger partial charge in [0.15, 0.2) is 0 Å². The molecule has 0 saturated carbocycles. The molecule has 0 atom stereocenters. The number of fused-ring (bicyclic) bond motifs is 1. The van der Waals surface area contributed by atoms with Gasteiger partial charge in [-0.25, -0.2) is 13.2 Å². The lowest BCUT2D eigenvalue weighted by Gasteiger charge is -2.09. The summed E-state index contributed by atoms with van der Waals surface area (Å²) in [6, 6.07) is 3.90. The molecule has 0 amide bonds. The Hall–Kier alpha value is -1.74. The first kappa shape index (κ1) is 18.3. The number of benzene rings is 1. The van der Waals surface area contributed by atoms with Crippen molar-refractivity contribution in [3.05, 3.63) is 39.2 Å². The summed E-state index contributed by atoms with van der Waals surface area (Å²) >= 11 is 0. The smallest absolute Gasteiger partial charge is 0.339 e. The molecule has 2 aromatic rings. The van der Waals surface area contributed by atoms with Gasteiger partial charge in [0, 0.05) is 23.1 Å². The highest BCUT2D eigenvalue weighted by molar-refractivity contribution is 7.79. The van der Waals surface area contributed by atoms with Crippen molar-refractivity contribution in [1.82, 2.24) is 0 Å². The van der Waals surface area contributed by atoms with E-state index >= 15 is 0 Å². The second-order valence-corrected chi connectivity index (χ2v) is 5.61. The van der Waals surface area contributed by atoms with Crippen LogP contribution in [0.3, 0.4) is 0 Å². The molecule has 1 heterocycles. The second kappa shape index (κ2) is 7.01. The summed E-state index contributed by atoms with van der Waals surface area (Å²) in [5.41, 5.74) is 8.28. The van der Waals surface area contributed by atoms with Gasteiger partial charge in [-0.1, -0.05) is 13.8 Å². The van der Waals surface area contributed by atoms with Crippen LogP contribution in [0.2, 0.25) is 0 Å². The molecule has 2 rings (SSSR count). The van der Waals surface area contributed by atoms with Crippen LogP contribution < -0.4 is 11.4 Å². The van der Waals surface area contributed by atoms with Crippen molar-refractivity contribution in [1.29, 1.82) is 0 Å². The average molecular weight is 329 g/mol. The fraction of sp³-hybridized carbons (Fsp3) is 0.357. The zero-order valence-corrected chi connectivity index (χ0v) is 13.5. The van der Waals surface area contributed by atoms with Crippen molar-refractivity contribution in [2.75, 3.05) is 0 Å². The summed E-state index contributed by atoms with van der Waals surface area (Å²) in [6.07, 6.45) is 1.62. The number of quaternary nitrogens is 1. The number of rotatable bonds is 2. The van der Waals surface area contributed by atoms with E-state index in [2.05, 4.69) is 18.7 Å². The molecule has 1 aromatic heterocycles. The van der Waals surface area contributed by atoms with E-state index in [9.17, 15) is 4.79 Å². The highest BCUT2D eigenvalue weighted by atomic mass is 32.3. The number of hydrogen-bond donors (Lipinski definition) is 2. The number of aryl methyl sites for hydroxylation is 2. The minimum atomic E-state index is -4.92. The van der Waals surface area contributed by atoms with Gasteiger partial charge >= 0.3 is 5.63 Å². The molecule has 1 aromatic carbocycles. The summed E-state index contributed by atoms with van der Waals surface area (Å²) in [5.74, 6) is 0. The summed E-state index contributed by atoms with van der Waals surface area (Å²) in [5, 5.41) is 1.08. The molecule has 122 valence electrons. The van der Waals surface area contributed by atoms with Crippen LogP contribution in [0.25, 0.3) is 11.0 Å². The third kappa shape index (κ3) is 4.63. The van der Waals surface area contributed by atoms with Gasteiger partial charge in [-0.15, -0.1) is 0 Å². The van der Waals surface area contributed by atoms with Crippen molar-refractivity contribution in [3.63, 3.8) is 0 Å². The van der Waals surface area contributed by atoms with E-state index in [0.717, 1.165) is 28.6 Å². The van der Waals surface area contributed by atoms with Gasteiger partial charge in [-0.2, -0.15) is 0 Å². The molecule has 0 aliphatic carbocycles. The number of hydrogen-bond acceptors (Lipinski definition) is 5. The first-order chi connectivity index (χ1) is 10.1. The molecule has 4 N–H and O–H groups in total. The SMILES string of the molecule is CCc1c(C)c2c(CC)cc([NH3+])cc2oc1=O.O=S(=O)([O-])O. The quantitative estimate of drug-likeness (QED) is 0.481. The lowest BCUT2D eigenvalue weighted by Crippen LogP contribution is -2.40. The molecule has 0 fully saturated rings. The third-order valence-corrected chi connectivity index (χ3v) is 3.25. The van der Waals surface area contributed by atoms with E-state index in [1.54, 1.807) is 0 Å². The highest BCUT2D eigenvalue weighted by Gasteiger charge is 2.13. The van der Waals surface area contributed by atoms with Crippen LogP contribution in [0.15, 0.2) is 21.3 Å². The van der Waals surface area contributed by atoms with E-state index in [1.165, 1.54) is 5.56 Å². The van der Waals surface area contributed by atoms with Gasteiger partial charge in [0.2, 0.25) is 10.4 Å². The summed E-state index contributed by atoms with van der Waals surface area (Å²) in [6.45, 7) is 6.08. The molecular weight excluding hydrogens is 310 g/mol. The Labute approximate surface area is 128 Å². The standard InChI is InChI=1S/C14H17NO2.H2O4S/c1-4-9-6-10(15)7-12-13(9)8(3)11(5-2)14(16)17-12;1-5(2,3)4/h6-7H,4-5,15H2,1-3H3;(H2,1,2,3,4). The average Bonchev–Trinajstić information content (AvgIpc) is 2.35. The van der Waals surface area contributed by atoms with Gasteiger partial charge in [-0.3, -0.25) is 4.55 Å². The fourth-order valence-electron chi connectivity index (χ4n) is 2.40. The second-order valence-electron chi connectivity index (χ2n) is 4.76. The maximum Gasteiger partial charge on any atom is 0.339 e. The molecule has 0 unspecified atom stereocenters. The monoisotopic (exact) mass is 329 g/mol. The Kier molecular flexibility index (Phi) is 5.84. The molecule has 0 aliphatic heterocycles. The van der Waals surface area contributed by atoms with Crippen molar-refractivity contribution < 1.29 is 27.7 Å². The molecule has 0 bridgehead atoms. The third-order valence-electron chi connectivity index (χ3n) is 3.25. The Morgan fingerprint density at radius 3 is 2.27 bits per heavy atom. The van der Waals surface area contributed by atoms with Crippen LogP contribution in [0.4, 0.5) is 5.69 Å². The van der Waals surface area contributed by atoms with E-state index in [4.69, 9.17) is 21.9 Å². The molecule has 0 aliphatic rings. The molecule has 0 radical (unpaired) electrons. The zero-order valence-electron chi connectivity index (χ0n) is 12.7. The normalized spacial score (nSPS) is 11.2. The molecule has 0 spiro atoms. The minimum Gasteiger partial charge on any atom is -0.726 e. The lowest BCUT2D eigenvalue weighted by molar-refractivity contribution is -0.254. The molecule has 0 saturated heterocycles. The van der Waals surface area contributed by atoms with Gasteiger partial charge in [0.05, 0.1) is 0 Å². The highest BCUT2D eigenvalue weighted by Crippen LogP contribution is 2.26. The largest absolute Gasteiger partial charge is 0.726 e. The van der Waals surface area contributed by atoms with Crippen LogP contribution in [-0.2, 0) is 23.2 Å². The van der Waals surface area contributed by atoms with E-state index in [0.29, 0.717) is 12.0 Å². The van der Waals surface area contributed by atoms with Crippen LogP contribution in [0.5, 0.6) is 0 Å². The lowest BCUT2D eigenvalue weighted by atomic mass is 9.98. The predicted octanol–water partition coefficient (Wildman–Crippen LogP) is 1.10. The summed E-state index contributed by atoms with van der Waals surface area (Å²) in [7, 11) is -4.92. The Balaban J connectivity index is 0.000000422. The van der Waals surface area contributed by atoms with Crippen LogP contribution in [0, 0.1) is 6.92 Å². The maximum absolute atomic E-state index is 11.8. The predicted molar refractivity (Wildman–Crippen MR) is 80.9 cm³/mol. The summed E-state index contributed by atoms with van der Waals surface area (Å²) in [4.78, 5) is 11.8. The first-order valence-electron chi connectivity index (χ1n) is 6.67. The van der Waals surface area contributed by atoms with Crippen LogP contribution in [-0.4, -0.2) is 17.5 Å². The molecule has 7 nitrogen and oxygen atoms in total. The Morgan fingerprint density at radius 1 is 1.27 bits per heavy atom. The Bertz CT molecular complexity index is 831. The van der Waals surface area contributed by atoms with Crippen LogP contribution in [0.1, 0.15) is 30.5 Å². The molecule has 22 heavy (non-hydrogen) atoms. The van der Waals surface area contributed by atoms with Crippen molar-refractivity contribution >= 4 is 27.1 Å². The first-order valence-corrected chi connectivity index (χ1v) is 8.04. The van der Waals surface area contributed by atoms with Crippen molar-refractivity contribution in [2.45, 2.75) is 33.6 Å². The fourth-order valence-corrected chi connectivity index (χ4v) is 2.40. The van der Waals surface area contributed by atoms with Crippen LogP contribution >= 0.6 is 0 Å². The minimum absolute atomic E-state index is 0.217. The summed E-state index contributed by atoms with van der Waals surface area (Å²) < 4.78 is 38.2. The van der Waals surface area contributed by atoms with E-state index < -0.39 is 10.4 Å². The van der Waals surface area contributed by atoms with Gasteiger partial charge < -0.3 is 14.7 Å². The van der Waals surface area contributed by atoms with Gasteiger partial charge in [0.1, 0.15) is 11.3 Å². The van der Waals surface area contributed by atoms with E-state index in [-0.39, 0.29) is 5.63 Å². The topological polar surface area (TPSA) is 135 Å². The van der Waals surface area contributed by atoms with Gasteiger partial charge in [0.25, 0.3) is 0 Å². The Morgan fingerprint density at radius 2 is 1.82 bits per heavy atom. The molecular formula is C14H19NO6S. The van der Waals surface area contributed by atoms with E-state index in [1.807, 2.05) is 19.9 Å². The molecule has 8 heteroatoms. The van der Waals surface area contributed by atoms with Crippen molar-refractivity contribution in [3.8, 4) is 0 Å². The zero-order chi connectivity index (χ0) is 17.1. The van der Waals surface area contributed by atoms with Crippen molar-refractivity contribution in [2.24, 2.45) is 0 Å². The van der Waals surface area contributed by atoms with Gasteiger partial charge in [-0.05, 0) is 30.9 Å². The maximum atomic E-state index is 11.8.